The average Bonchev–Trinajstić information content (AvgIpc) is 2.63. The van der Waals surface area contributed by atoms with E-state index in [4.69, 9.17) is 4.74 Å². The van der Waals surface area contributed by atoms with Gasteiger partial charge in [-0.3, -0.25) is 4.90 Å². The first-order chi connectivity index (χ1) is 7.06. The number of nitrogens with one attached hydrogen (secondary N) is 1. The highest BCUT2D eigenvalue weighted by molar-refractivity contribution is 4.84. The maximum absolute atomic E-state index is 5.61. The van der Waals surface area contributed by atoms with Crippen LogP contribution in [0, 0.1) is 0 Å². The normalized spacial score (nSPS) is 30.8. The summed E-state index contributed by atoms with van der Waals surface area (Å²) in [7, 11) is 4.25. The van der Waals surface area contributed by atoms with Gasteiger partial charge in [0.1, 0.15) is 0 Å². The van der Waals surface area contributed by atoms with Crippen LogP contribution in [0.5, 0.6) is 0 Å². The molecule has 0 bridgehead atoms. The van der Waals surface area contributed by atoms with E-state index < -0.39 is 0 Å². The van der Waals surface area contributed by atoms with Crippen LogP contribution in [0.4, 0.5) is 0 Å². The molecule has 1 fully saturated rings. The quantitative estimate of drug-likeness (QED) is 0.750. The number of ether oxygens (including phenoxy) is 1. The van der Waals surface area contributed by atoms with Crippen LogP contribution in [-0.4, -0.2) is 49.8 Å². The number of likely N-dealkylation sites (N-methyl/N-ethyl adjacent to an activating group) is 1. The Morgan fingerprint density at radius 1 is 1.47 bits per heavy atom. The summed E-state index contributed by atoms with van der Waals surface area (Å²) in [5, 5.41) is 3.29. The lowest BCUT2D eigenvalue weighted by molar-refractivity contribution is 0.0673. The fourth-order valence-corrected chi connectivity index (χ4v) is 2.38. The van der Waals surface area contributed by atoms with Crippen molar-refractivity contribution >= 4 is 0 Å². The van der Waals surface area contributed by atoms with E-state index in [1.54, 1.807) is 0 Å². The highest BCUT2D eigenvalue weighted by Gasteiger charge is 2.30. The summed E-state index contributed by atoms with van der Waals surface area (Å²) in [6, 6.07) is 1.80. The molecule has 0 saturated carbocycles. The molecule has 90 valence electrons. The summed E-state index contributed by atoms with van der Waals surface area (Å²) in [6.45, 7) is 7.64. The highest BCUT2D eigenvalue weighted by Crippen LogP contribution is 2.21. The Balaban J connectivity index is 2.41. The first kappa shape index (κ1) is 12.9. The molecule has 3 nitrogen and oxygen atoms in total. The van der Waals surface area contributed by atoms with Crippen molar-refractivity contribution in [2.75, 3.05) is 20.7 Å². The Morgan fingerprint density at radius 3 is 2.60 bits per heavy atom. The number of hydrogen-bond donors (Lipinski definition) is 1. The van der Waals surface area contributed by atoms with E-state index in [9.17, 15) is 0 Å². The third-order valence-electron chi connectivity index (χ3n) is 3.74. The zero-order chi connectivity index (χ0) is 11.4. The lowest BCUT2D eigenvalue weighted by atomic mass is 10.0. The molecule has 0 spiro atoms. The number of rotatable bonds is 5. The molecular weight excluding hydrogens is 188 g/mol. The van der Waals surface area contributed by atoms with Gasteiger partial charge in [-0.05, 0) is 47.7 Å². The van der Waals surface area contributed by atoms with E-state index in [0.717, 1.165) is 6.61 Å². The lowest BCUT2D eigenvalue weighted by Gasteiger charge is -2.33. The van der Waals surface area contributed by atoms with Crippen LogP contribution in [0.1, 0.15) is 33.6 Å². The predicted octanol–water partition coefficient (Wildman–Crippen LogP) is 1.48. The van der Waals surface area contributed by atoms with E-state index in [-0.39, 0.29) is 0 Å². The van der Waals surface area contributed by atoms with Crippen LogP contribution in [0.25, 0.3) is 0 Å². The monoisotopic (exact) mass is 214 g/mol. The molecule has 0 aliphatic carbocycles. The van der Waals surface area contributed by atoms with Gasteiger partial charge in [0.25, 0.3) is 0 Å². The Morgan fingerprint density at radius 2 is 2.13 bits per heavy atom. The number of nitrogens with zero attached hydrogens (tertiary/aromatic N) is 1. The van der Waals surface area contributed by atoms with Gasteiger partial charge in [-0.2, -0.15) is 0 Å². The zero-order valence-corrected chi connectivity index (χ0v) is 10.8. The summed E-state index contributed by atoms with van der Waals surface area (Å²) in [6.07, 6.45) is 2.76. The summed E-state index contributed by atoms with van der Waals surface area (Å²) in [5.74, 6) is 0. The second-order valence-corrected chi connectivity index (χ2v) is 4.87. The summed E-state index contributed by atoms with van der Waals surface area (Å²) < 4.78 is 5.61. The minimum Gasteiger partial charge on any atom is -0.377 e. The van der Waals surface area contributed by atoms with Crippen molar-refractivity contribution in [3.63, 3.8) is 0 Å². The smallest absolute Gasteiger partial charge is 0.0703 e. The van der Waals surface area contributed by atoms with Crippen molar-refractivity contribution < 1.29 is 4.74 Å². The minimum atomic E-state index is 0.391. The summed E-state index contributed by atoms with van der Waals surface area (Å²) in [4.78, 5) is 2.48. The van der Waals surface area contributed by atoms with Crippen LogP contribution >= 0.6 is 0 Å². The zero-order valence-electron chi connectivity index (χ0n) is 10.8. The fourth-order valence-electron chi connectivity index (χ4n) is 2.38. The molecule has 4 unspecified atom stereocenters. The van der Waals surface area contributed by atoms with Gasteiger partial charge in [0.2, 0.25) is 0 Å². The minimum absolute atomic E-state index is 0.391. The molecule has 0 radical (unpaired) electrons. The van der Waals surface area contributed by atoms with Crippen LogP contribution in [0.3, 0.4) is 0 Å². The van der Waals surface area contributed by atoms with Crippen LogP contribution in [0.15, 0.2) is 0 Å². The molecule has 0 aromatic heterocycles. The van der Waals surface area contributed by atoms with Gasteiger partial charge in [0.15, 0.2) is 0 Å². The van der Waals surface area contributed by atoms with Gasteiger partial charge in [0, 0.05) is 24.7 Å². The maximum Gasteiger partial charge on any atom is 0.0703 e. The van der Waals surface area contributed by atoms with Crippen molar-refractivity contribution in [3.05, 3.63) is 0 Å². The third-order valence-corrected chi connectivity index (χ3v) is 3.74. The van der Waals surface area contributed by atoms with Crippen molar-refractivity contribution in [1.29, 1.82) is 0 Å². The second-order valence-electron chi connectivity index (χ2n) is 4.87. The SMILES string of the molecule is CNC(C)CC(C)N(C)C1CCOC1C. The molecular formula is C12H26N2O. The molecule has 1 heterocycles. The largest absolute Gasteiger partial charge is 0.377 e. The molecule has 1 aliphatic heterocycles. The van der Waals surface area contributed by atoms with Gasteiger partial charge in [-0.15, -0.1) is 0 Å². The predicted molar refractivity (Wildman–Crippen MR) is 64.2 cm³/mol. The molecule has 1 rings (SSSR count). The summed E-state index contributed by atoms with van der Waals surface area (Å²) in [5.41, 5.74) is 0. The lowest BCUT2D eigenvalue weighted by Crippen LogP contribution is -2.44. The van der Waals surface area contributed by atoms with E-state index in [1.165, 1.54) is 12.8 Å². The molecule has 1 saturated heterocycles. The van der Waals surface area contributed by atoms with Gasteiger partial charge < -0.3 is 10.1 Å². The molecule has 0 aromatic carbocycles. The Kier molecular flexibility index (Phi) is 5.03. The molecule has 1 N–H and O–H groups in total. The standard InChI is InChI=1S/C12H26N2O/c1-9(13-4)8-10(2)14(5)12-6-7-15-11(12)3/h9-13H,6-8H2,1-5H3. The first-order valence-corrected chi connectivity index (χ1v) is 6.07. The highest BCUT2D eigenvalue weighted by atomic mass is 16.5. The van der Waals surface area contributed by atoms with Gasteiger partial charge in [0.05, 0.1) is 6.10 Å². The van der Waals surface area contributed by atoms with Crippen molar-refractivity contribution in [2.45, 2.75) is 57.8 Å². The third kappa shape index (κ3) is 3.44. The number of hydrogen-bond acceptors (Lipinski definition) is 3. The van der Waals surface area contributed by atoms with E-state index in [0.29, 0.717) is 24.2 Å². The van der Waals surface area contributed by atoms with Crippen LogP contribution in [-0.2, 0) is 4.74 Å². The Labute approximate surface area is 94.2 Å². The molecule has 0 amide bonds. The van der Waals surface area contributed by atoms with Crippen molar-refractivity contribution in [2.24, 2.45) is 0 Å². The van der Waals surface area contributed by atoms with Gasteiger partial charge >= 0.3 is 0 Å². The summed E-state index contributed by atoms with van der Waals surface area (Å²) >= 11 is 0. The van der Waals surface area contributed by atoms with E-state index in [1.807, 2.05) is 7.05 Å². The van der Waals surface area contributed by atoms with Crippen molar-refractivity contribution in [1.82, 2.24) is 10.2 Å². The molecule has 0 aromatic rings. The molecule has 15 heavy (non-hydrogen) atoms. The molecule has 3 heteroatoms. The van der Waals surface area contributed by atoms with Gasteiger partial charge in [-0.25, -0.2) is 0 Å². The topological polar surface area (TPSA) is 24.5 Å². The van der Waals surface area contributed by atoms with Crippen LogP contribution < -0.4 is 5.32 Å². The molecule has 4 atom stereocenters. The average molecular weight is 214 g/mol. The Bertz CT molecular complexity index is 186. The van der Waals surface area contributed by atoms with E-state index >= 15 is 0 Å². The maximum atomic E-state index is 5.61. The van der Waals surface area contributed by atoms with Crippen molar-refractivity contribution in [3.8, 4) is 0 Å². The van der Waals surface area contributed by atoms with Crippen LogP contribution in [0.2, 0.25) is 0 Å². The molecule has 1 aliphatic rings. The Hall–Kier alpha value is -0.120. The fraction of sp³-hybridized carbons (Fsp3) is 1.00. The van der Waals surface area contributed by atoms with Gasteiger partial charge in [-0.1, -0.05) is 0 Å². The first-order valence-electron chi connectivity index (χ1n) is 6.07. The van der Waals surface area contributed by atoms with E-state index in [2.05, 4.69) is 38.0 Å². The second kappa shape index (κ2) is 5.83.